The van der Waals surface area contributed by atoms with Crippen molar-refractivity contribution in [2.75, 3.05) is 26.1 Å². The first-order valence-corrected chi connectivity index (χ1v) is 16.5. The zero-order valence-corrected chi connectivity index (χ0v) is 25.4. The van der Waals surface area contributed by atoms with E-state index < -0.39 is 88.0 Å². The molecular formula is C22H30FN3O15P2S. The lowest BCUT2D eigenvalue weighted by atomic mass is 9.84. The highest BCUT2D eigenvalue weighted by Crippen LogP contribution is 2.62. The molecule has 18 nitrogen and oxygen atoms in total. The van der Waals surface area contributed by atoms with Gasteiger partial charge in [0.05, 0.1) is 19.5 Å². The molecule has 0 spiro atoms. The lowest BCUT2D eigenvalue weighted by Gasteiger charge is -2.41. The maximum absolute atomic E-state index is 14.0. The Balaban J connectivity index is 1.50. The van der Waals surface area contributed by atoms with E-state index >= 15 is 0 Å². The second kappa shape index (κ2) is 12.8. The van der Waals surface area contributed by atoms with E-state index in [1.807, 2.05) is 0 Å². The van der Waals surface area contributed by atoms with Crippen LogP contribution in [0.5, 0.6) is 0 Å². The third-order valence-electron chi connectivity index (χ3n) is 7.11. The normalized spacial score (nSPS) is 37.7. The van der Waals surface area contributed by atoms with Crippen LogP contribution in [0, 0.1) is 12.3 Å². The summed E-state index contributed by atoms with van der Waals surface area (Å²) in [5, 5.41) is 50.3. The first-order chi connectivity index (χ1) is 20.5. The van der Waals surface area contributed by atoms with Crippen LogP contribution in [0.4, 0.5) is 10.2 Å². The largest absolute Gasteiger partial charge is 0.481 e. The van der Waals surface area contributed by atoms with Crippen molar-refractivity contribution in [3.8, 4) is 12.3 Å². The van der Waals surface area contributed by atoms with Crippen LogP contribution in [0.3, 0.4) is 0 Å². The van der Waals surface area contributed by atoms with Crippen molar-refractivity contribution in [2.24, 2.45) is 0 Å². The van der Waals surface area contributed by atoms with E-state index in [-0.39, 0.29) is 22.5 Å². The van der Waals surface area contributed by atoms with Gasteiger partial charge in [-0.2, -0.15) is 0 Å². The number of ether oxygens (including phenoxy) is 3. The maximum Gasteiger partial charge on any atom is 0.481 e. The molecule has 22 heteroatoms. The Kier molecular flexibility index (Phi) is 10.2. The minimum atomic E-state index is -5.54. The number of halogens is 1. The summed E-state index contributed by atoms with van der Waals surface area (Å²) in [5.41, 5.74) is 2.58. The number of terminal acetylenes is 1. The molecule has 0 amide bonds. The first kappa shape index (κ1) is 35.1. The van der Waals surface area contributed by atoms with Gasteiger partial charge in [0, 0.05) is 12.7 Å². The van der Waals surface area contributed by atoms with Crippen molar-refractivity contribution in [3.05, 3.63) is 18.2 Å². The van der Waals surface area contributed by atoms with Gasteiger partial charge >= 0.3 is 14.5 Å². The van der Waals surface area contributed by atoms with Crippen LogP contribution in [0.15, 0.2) is 17.0 Å². The maximum atomic E-state index is 14.0. The molecule has 2 aromatic heterocycles. The number of rotatable bonds is 11. The first-order valence-electron chi connectivity index (χ1n) is 12.5. The van der Waals surface area contributed by atoms with Gasteiger partial charge in [0.2, 0.25) is 0 Å². The van der Waals surface area contributed by atoms with Gasteiger partial charge in [0.15, 0.2) is 29.5 Å². The second-order valence-corrected chi connectivity index (χ2v) is 14.4. The standard InChI is InChI=1S/C22H30FN3O15P2S/c1-4-22(35-3)17(9-6-36-16-11(9)25-8-26-18(16)24)39-21(2,20(22)31)7-37-43(34,44)41-42(32,33)40-19-14(30)12(28)13(29)15(38-19)10(23)5-27/h1,6,8,10,12-15,17,19-20,27-31H,5,7H2,2-3H3,(H,32,33)(H,34,44)(H2,24,25,26)/t10-,12?,13?,14?,15?,17-,19?,20+,21+,22-,43?/m0/s1. The highest BCUT2D eigenvalue weighted by molar-refractivity contribution is 8.08. The number of hydrogen-bond acceptors (Lipinski definition) is 17. The quantitative estimate of drug-likeness (QED) is 0.0986. The number of nitrogens with zero attached hydrogens (tertiary/aromatic N) is 2. The van der Waals surface area contributed by atoms with Crippen LogP contribution in [0.2, 0.25) is 0 Å². The van der Waals surface area contributed by atoms with Gasteiger partial charge in [0.1, 0.15) is 54.1 Å². The number of alkyl halides is 1. The number of aliphatic hydroxyl groups excluding tert-OH is 5. The van der Waals surface area contributed by atoms with Crippen molar-refractivity contribution < 1.29 is 76.3 Å². The number of phosphoric acid groups is 1. The Labute approximate surface area is 253 Å². The SMILES string of the molecule is C#C[C@]1(OC)[C@H](c2coc3c(N)ncnc23)O[C@](C)(COP(O)(=S)OP(=O)(O)OC2OC([C@@H](F)CO)C(O)C(O)C2O)[C@H]1O. The molecule has 0 saturated carbocycles. The lowest BCUT2D eigenvalue weighted by molar-refractivity contribution is -0.287. The van der Waals surface area contributed by atoms with E-state index in [1.165, 1.54) is 20.3 Å². The summed E-state index contributed by atoms with van der Waals surface area (Å²) in [5.74, 6) is 2.36. The fourth-order valence-electron chi connectivity index (χ4n) is 4.81. The van der Waals surface area contributed by atoms with Gasteiger partial charge in [-0.05, 0) is 18.7 Å². The number of phosphoric ester groups is 1. The van der Waals surface area contributed by atoms with E-state index in [1.54, 1.807) is 0 Å². The Hall–Kier alpha value is -1.73. The van der Waals surface area contributed by atoms with Gasteiger partial charge in [-0.1, -0.05) is 5.92 Å². The third kappa shape index (κ3) is 6.43. The van der Waals surface area contributed by atoms with E-state index in [9.17, 15) is 39.2 Å². The summed E-state index contributed by atoms with van der Waals surface area (Å²) in [6, 6.07) is 0. The number of furan rings is 1. The molecule has 0 radical (unpaired) electrons. The van der Waals surface area contributed by atoms with Crippen molar-refractivity contribution >= 4 is 43.3 Å². The smallest absolute Gasteiger partial charge is 0.458 e. The number of aliphatic hydroxyl groups is 5. The Bertz CT molecular complexity index is 1500. The number of nitrogen functional groups attached to an aromatic ring is 1. The summed E-state index contributed by atoms with van der Waals surface area (Å²) in [6.45, 7) is -5.48. The predicted octanol–water partition coefficient (Wildman–Crippen LogP) is -1.48. The molecule has 7 unspecified atom stereocenters. The molecule has 0 bridgehead atoms. The molecule has 2 aromatic rings. The van der Waals surface area contributed by atoms with E-state index in [2.05, 4.69) is 24.7 Å². The summed E-state index contributed by atoms with van der Waals surface area (Å²) in [4.78, 5) is 28.7. The van der Waals surface area contributed by atoms with Gasteiger partial charge in [0.25, 0.3) is 0 Å². The minimum Gasteiger partial charge on any atom is -0.458 e. The molecule has 2 aliphatic heterocycles. The topological polar surface area (TPSA) is 279 Å². The molecule has 0 aliphatic carbocycles. The molecular weight excluding hydrogens is 659 g/mol. The van der Waals surface area contributed by atoms with Crippen molar-refractivity contribution in [3.63, 3.8) is 0 Å². The molecule has 9 N–H and O–H groups in total. The number of aromatic nitrogens is 2. The molecule has 4 rings (SSSR count). The monoisotopic (exact) mass is 689 g/mol. The Morgan fingerprint density at radius 3 is 2.55 bits per heavy atom. The fraction of sp³-hybridized carbons (Fsp3) is 0.636. The highest BCUT2D eigenvalue weighted by Gasteiger charge is 2.63. The van der Waals surface area contributed by atoms with E-state index in [0.29, 0.717) is 0 Å². The Morgan fingerprint density at radius 1 is 1.25 bits per heavy atom. The zero-order valence-electron chi connectivity index (χ0n) is 22.8. The minimum absolute atomic E-state index is 0.00801. The van der Waals surface area contributed by atoms with Gasteiger partial charge in [-0.15, -0.1) is 6.42 Å². The van der Waals surface area contributed by atoms with Gasteiger partial charge in [-0.25, -0.2) is 23.2 Å². The zero-order chi connectivity index (χ0) is 32.8. The number of fused-ring (bicyclic) bond motifs is 1. The van der Waals surface area contributed by atoms with Crippen LogP contribution < -0.4 is 5.73 Å². The van der Waals surface area contributed by atoms with Crippen LogP contribution in [0.1, 0.15) is 18.6 Å². The van der Waals surface area contributed by atoms with Crippen LogP contribution >= 0.6 is 14.5 Å². The van der Waals surface area contributed by atoms with Crippen LogP contribution in [-0.4, -0.2) is 120 Å². The number of hydrogen-bond donors (Lipinski definition) is 8. The average Bonchev–Trinajstić information content (AvgIpc) is 3.49. The molecule has 12 atom stereocenters. The summed E-state index contributed by atoms with van der Waals surface area (Å²) >= 11 is 4.81. The predicted molar refractivity (Wildman–Crippen MR) is 146 cm³/mol. The number of anilines is 1. The molecule has 246 valence electrons. The summed E-state index contributed by atoms with van der Waals surface area (Å²) < 4.78 is 63.0. The second-order valence-electron chi connectivity index (χ2n) is 10.0. The lowest BCUT2D eigenvalue weighted by Crippen LogP contribution is -2.60. The average molecular weight is 690 g/mol. The van der Waals surface area contributed by atoms with Gasteiger partial charge in [-0.3, -0.25) is 4.52 Å². The summed E-state index contributed by atoms with van der Waals surface area (Å²) in [7, 11) is -4.34. The third-order valence-corrected chi connectivity index (χ3v) is 10.6. The molecule has 2 saturated heterocycles. The number of nitrogens with two attached hydrogens (primary N) is 1. The molecule has 0 aromatic carbocycles. The van der Waals surface area contributed by atoms with Crippen LogP contribution in [0.25, 0.3) is 11.1 Å². The Morgan fingerprint density at radius 2 is 1.93 bits per heavy atom. The summed E-state index contributed by atoms with van der Waals surface area (Å²) in [6.07, 6.45) is -7.82. The number of methoxy groups -OCH3 is 1. The molecule has 4 heterocycles. The van der Waals surface area contributed by atoms with Crippen molar-refractivity contribution in [2.45, 2.75) is 67.2 Å². The van der Waals surface area contributed by atoms with Crippen LogP contribution in [-0.2, 0) is 43.9 Å². The van der Waals surface area contributed by atoms with Crippen molar-refractivity contribution in [1.82, 2.24) is 9.97 Å². The van der Waals surface area contributed by atoms with E-state index in [0.717, 1.165) is 6.33 Å². The highest BCUT2D eigenvalue weighted by atomic mass is 32.5. The fourth-order valence-corrected chi connectivity index (χ4v) is 7.97. The molecule has 44 heavy (non-hydrogen) atoms. The van der Waals surface area contributed by atoms with Crippen molar-refractivity contribution in [1.29, 1.82) is 0 Å². The van der Waals surface area contributed by atoms with E-state index in [4.69, 9.17) is 52.2 Å². The molecule has 2 fully saturated rings. The van der Waals surface area contributed by atoms with Gasteiger partial charge < -0.3 is 64.2 Å². The molecule has 2 aliphatic rings.